The molecule has 2 aromatic carbocycles. The summed E-state index contributed by atoms with van der Waals surface area (Å²) in [4.78, 5) is 0.0549. The molecule has 0 bridgehead atoms. The highest BCUT2D eigenvalue weighted by atomic mass is 32.2. The van der Waals surface area contributed by atoms with Gasteiger partial charge in [-0.05, 0) is 28.6 Å². The Labute approximate surface area is 138 Å². The van der Waals surface area contributed by atoms with Crippen LogP contribution in [-0.4, -0.2) is 28.6 Å². The first-order valence-corrected chi connectivity index (χ1v) is 8.51. The molecule has 0 atom stereocenters. The molecular formula is C15H14FN5O2S. The van der Waals surface area contributed by atoms with Crippen molar-refractivity contribution in [2.45, 2.75) is 11.4 Å². The highest BCUT2D eigenvalue weighted by molar-refractivity contribution is 7.89. The summed E-state index contributed by atoms with van der Waals surface area (Å²) >= 11 is 0. The Kier molecular flexibility index (Phi) is 4.36. The summed E-state index contributed by atoms with van der Waals surface area (Å²) < 4.78 is 42.3. The highest BCUT2D eigenvalue weighted by Gasteiger charge is 2.16. The molecule has 9 heteroatoms. The van der Waals surface area contributed by atoms with Gasteiger partial charge in [0, 0.05) is 24.7 Å². The average molecular weight is 347 g/mol. The lowest BCUT2D eigenvalue weighted by Gasteiger charge is -2.08. The summed E-state index contributed by atoms with van der Waals surface area (Å²) in [6.45, 7) is -0.134. The van der Waals surface area contributed by atoms with Crippen molar-refractivity contribution in [3.05, 3.63) is 59.9 Å². The molecule has 124 valence electrons. The van der Waals surface area contributed by atoms with Crippen molar-refractivity contribution in [2.75, 3.05) is 0 Å². The van der Waals surface area contributed by atoms with Gasteiger partial charge in [0.05, 0.1) is 4.90 Å². The molecule has 1 heterocycles. The quantitative estimate of drug-likeness (QED) is 0.755. The van der Waals surface area contributed by atoms with E-state index in [-0.39, 0.29) is 17.0 Å². The fraction of sp³-hybridized carbons (Fsp3) is 0.133. The van der Waals surface area contributed by atoms with Crippen molar-refractivity contribution in [1.29, 1.82) is 0 Å². The first-order chi connectivity index (χ1) is 11.5. The van der Waals surface area contributed by atoms with Gasteiger partial charge in [-0.15, -0.1) is 5.10 Å². The Morgan fingerprint density at radius 2 is 1.96 bits per heavy atom. The van der Waals surface area contributed by atoms with E-state index in [1.807, 2.05) is 0 Å². The summed E-state index contributed by atoms with van der Waals surface area (Å²) in [6.07, 6.45) is 0. The molecule has 0 aliphatic rings. The van der Waals surface area contributed by atoms with E-state index >= 15 is 0 Å². The van der Waals surface area contributed by atoms with E-state index in [1.54, 1.807) is 31.3 Å². The van der Waals surface area contributed by atoms with Crippen LogP contribution in [0.3, 0.4) is 0 Å². The monoisotopic (exact) mass is 347 g/mol. The third-order valence-electron chi connectivity index (χ3n) is 3.43. The number of sulfonamides is 1. The zero-order valence-corrected chi connectivity index (χ0v) is 13.5. The van der Waals surface area contributed by atoms with Crippen LogP contribution in [0.2, 0.25) is 0 Å². The third kappa shape index (κ3) is 3.31. The van der Waals surface area contributed by atoms with Gasteiger partial charge in [-0.25, -0.2) is 22.2 Å². The Bertz CT molecular complexity index is 971. The second-order valence-electron chi connectivity index (χ2n) is 5.07. The zero-order valence-electron chi connectivity index (χ0n) is 12.7. The second-order valence-corrected chi connectivity index (χ2v) is 6.84. The van der Waals surface area contributed by atoms with Crippen LogP contribution in [0, 0.1) is 5.82 Å². The van der Waals surface area contributed by atoms with Crippen LogP contribution < -0.4 is 4.72 Å². The molecule has 0 radical (unpaired) electrons. The van der Waals surface area contributed by atoms with Gasteiger partial charge in [0.2, 0.25) is 10.0 Å². The van der Waals surface area contributed by atoms with Crippen LogP contribution in [0.1, 0.15) is 5.56 Å². The number of aromatic nitrogens is 4. The largest absolute Gasteiger partial charge is 0.240 e. The van der Waals surface area contributed by atoms with Gasteiger partial charge in [-0.3, -0.25) is 0 Å². The van der Waals surface area contributed by atoms with E-state index in [9.17, 15) is 12.8 Å². The lowest BCUT2D eigenvalue weighted by molar-refractivity contribution is 0.574. The predicted molar refractivity (Wildman–Crippen MR) is 84.7 cm³/mol. The Hall–Kier alpha value is -2.65. The Balaban J connectivity index is 1.85. The minimum absolute atomic E-state index is 0.0549. The van der Waals surface area contributed by atoms with E-state index in [0.717, 1.165) is 0 Å². The van der Waals surface area contributed by atoms with Crippen LogP contribution in [0.5, 0.6) is 0 Å². The van der Waals surface area contributed by atoms with E-state index in [2.05, 4.69) is 20.2 Å². The summed E-state index contributed by atoms with van der Waals surface area (Å²) in [5.74, 6) is -0.0136. The van der Waals surface area contributed by atoms with Crippen molar-refractivity contribution in [2.24, 2.45) is 7.05 Å². The smallest absolute Gasteiger partial charge is 0.229 e. The number of hydrogen-bond donors (Lipinski definition) is 1. The van der Waals surface area contributed by atoms with Crippen molar-refractivity contribution < 1.29 is 12.8 Å². The second kappa shape index (κ2) is 6.46. The lowest BCUT2D eigenvalue weighted by Crippen LogP contribution is -2.23. The molecule has 24 heavy (non-hydrogen) atoms. The van der Waals surface area contributed by atoms with E-state index < -0.39 is 15.8 Å². The molecule has 0 aliphatic heterocycles. The van der Waals surface area contributed by atoms with Gasteiger partial charge >= 0.3 is 0 Å². The van der Waals surface area contributed by atoms with Gasteiger partial charge in [0.1, 0.15) is 5.82 Å². The molecule has 0 amide bonds. The Morgan fingerprint density at radius 1 is 1.17 bits per heavy atom. The molecule has 3 aromatic rings. The zero-order chi connectivity index (χ0) is 17.2. The number of nitrogens with one attached hydrogen (secondary N) is 1. The van der Waals surface area contributed by atoms with Crippen LogP contribution in [-0.2, 0) is 23.6 Å². The number of aryl methyl sites for hydroxylation is 1. The van der Waals surface area contributed by atoms with E-state index in [0.29, 0.717) is 11.4 Å². The molecule has 1 N–H and O–H groups in total. The van der Waals surface area contributed by atoms with E-state index in [1.165, 1.54) is 28.9 Å². The summed E-state index contributed by atoms with van der Waals surface area (Å²) in [6, 6.07) is 12.2. The van der Waals surface area contributed by atoms with Gasteiger partial charge < -0.3 is 0 Å². The molecule has 0 unspecified atom stereocenters. The molecule has 0 fully saturated rings. The number of halogens is 1. The molecule has 0 saturated heterocycles. The normalized spacial score (nSPS) is 11.6. The predicted octanol–water partition coefficient (Wildman–Crippen LogP) is 1.49. The van der Waals surface area contributed by atoms with Gasteiger partial charge in [-0.1, -0.05) is 30.3 Å². The molecular weight excluding hydrogens is 333 g/mol. The van der Waals surface area contributed by atoms with Gasteiger partial charge in [-0.2, -0.15) is 0 Å². The standard InChI is InChI=1S/C15H14FN5O2S/c1-21-15(18-19-20-21)11-6-4-7-13(9-11)24(22,23)17-10-12-5-2-3-8-14(12)16/h2-9,17H,10H2,1H3. The van der Waals surface area contributed by atoms with Crippen molar-refractivity contribution >= 4 is 10.0 Å². The van der Waals surface area contributed by atoms with Crippen LogP contribution in [0.4, 0.5) is 4.39 Å². The van der Waals surface area contributed by atoms with Crippen LogP contribution in [0.15, 0.2) is 53.4 Å². The van der Waals surface area contributed by atoms with E-state index in [4.69, 9.17) is 0 Å². The van der Waals surface area contributed by atoms with Gasteiger partial charge in [0.25, 0.3) is 0 Å². The molecule has 3 rings (SSSR count). The fourth-order valence-electron chi connectivity index (χ4n) is 2.17. The number of tetrazole rings is 1. The first-order valence-electron chi connectivity index (χ1n) is 7.03. The summed E-state index contributed by atoms with van der Waals surface area (Å²) in [5, 5.41) is 11.1. The lowest BCUT2D eigenvalue weighted by atomic mass is 10.2. The molecule has 0 spiro atoms. The number of nitrogens with zero attached hydrogens (tertiary/aromatic N) is 4. The summed E-state index contributed by atoms with van der Waals surface area (Å²) in [5.41, 5.74) is 0.839. The number of hydrogen-bond acceptors (Lipinski definition) is 5. The minimum atomic E-state index is -3.80. The Morgan fingerprint density at radius 3 is 2.67 bits per heavy atom. The topological polar surface area (TPSA) is 89.8 Å². The maximum Gasteiger partial charge on any atom is 0.240 e. The molecule has 1 aromatic heterocycles. The average Bonchev–Trinajstić information content (AvgIpc) is 3.00. The van der Waals surface area contributed by atoms with Crippen molar-refractivity contribution in [3.63, 3.8) is 0 Å². The minimum Gasteiger partial charge on any atom is -0.229 e. The fourth-order valence-corrected chi connectivity index (χ4v) is 3.23. The highest BCUT2D eigenvalue weighted by Crippen LogP contribution is 2.19. The maximum absolute atomic E-state index is 13.6. The molecule has 0 aliphatic carbocycles. The van der Waals surface area contributed by atoms with Crippen LogP contribution in [0.25, 0.3) is 11.4 Å². The summed E-state index contributed by atoms with van der Waals surface area (Å²) in [7, 11) is -2.14. The first kappa shape index (κ1) is 16.2. The van der Waals surface area contributed by atoms with Gasteiger partial charge in [0.15, 0.2) is 5.82 Å². The number of benzene rings is 2. The molecule has 7 nitrogen and oxygen atoms in total. The van der Waals surface area contributed by atoms with Crippen LogP contribution >= 0.6 is 0 Å². The third-order valence-corrected chi connectivity index (χ3v) is 4.83. The SMILES string of the molecule is Cn1nnnc1-c1cccc(S(=O)(=O)NCc2ccccc2F)c1. The van der Waals surface area contributed by atoms with Crippen molar-refractivity contribution in [3.8, 4) is 11.4 Å². The van der Waals surface area contributed by atoms with Crippen molar-refractivity contribution in [1.82, 2.24) is 24.9 Å². The number of rotatable bonds is 5. The molecule has 0 saturated carbocycles. The maximum atomic E-state index is 13.6.